The van der Waals surface area contributed by atoms with Crippen LogP contribution in [0.15, 0.2) is 45.9 Å². The van der Waals surface area contributed by atoms with E-state index in [-0.39, 0.29) is 21.3 Å². The Morgan fingerprint density at radius 1 is 1.29 bits per heavy atom. The third-order valence-corrected chi connectivity index (χ3v) is 4.75. The summed E-state index contributed by atoms with van der Waals surface area (Å²) < 4.78 is 22.9. The smallest absolute Gasteiger partial charge is 0.275 e. The minimum Gasteiger partial charge on any atom is -0.319 e. The molecule has 0 aliphatic carbocycles. The number of anilines is 1. The van der Waals surface area contributed by atoms with Crippen molar-refractivity contribution in [2.75, 3.05) is 5.32 Å². The maximum Gasteiger partial charge on any atom is 0.275 e. The van der Waals surface area contributed by atoms with E-state index in [1.807, 2.05) is 0 Å². The molecule has 0 spiro atoms. The number of rotatable bonds is 3. The van der Waals surface area contributed by atoms with Crippen molar-refractivity contribution in [1.29, 1.82) is 0 Å². The minimum atomic E-state index is -3.87. The van der Waals surface area contributed by atoms with E-state index in [9.17, 15) is 13.2 Å². The van der Waals surface area contributed by atoms with Crippen LogP contribution in [0.5, 0.6) is 0 Å². The number of amides is 1. The molecule has 0 saturated heterocycles. The van der Waals surface area contributed by atoms with Gasteiger partial charge in [0.1, 0.15) is 5.69 Å². The van der Waals surface area contributed by atoms with Crippen LogP contribution in [0.1, 0.15) is 10.5 Å². The Hall–Kier alpha value is -1.15. The van der Waals surface area contributed by atoms with Crippen LogP contribution in [-0.2, 0) is 9.05 Å². The van der Waals surface area contributed by atoms with Gasteiger partial charge in [-0.3, -0.25) is 4.79 Å². The largest absolute Gasteiger partial charge is 0.319 e. The van der Waals surface area contributed by atoms with Gasteiger partial charge in [-0.2, -0.15) is 0 Å². The van der Waals surface area contributed by atoms with Crippen LogP contribution in [0.25, 0.3) is 0 Å². The zero-order chi connectivity index (χ0) is 15.6. The fourth-order valence-corrected chi connectivity index (χ4v) is 2.99. The van der Waals surface area contributed by atoms with Gasteiger partial charge in [0.2, 0.25) is 0 Å². The summed E-state index contributed by atoms with van der Waals surface area (Å²) in [5.74, 6) is -0.481. The van der Waals surface area contributed by atoms with Gasteiger partial charge < -0.3 is 5.32 Å². The summed E-state index contributed by atoms with van der Waals surface area (Å²) in [5.41, 5.74) is 0.436. The summed E-state index contributed by atoms with van der Waals surface area (Å²) in [4.78, 5) is 15.9. The molecular weight excluding hydrogens is 403 g/mol. The minimum absolute atomic E-state index is 0.0529. The first-order chi connectivity index (χ1) is 9.79. The maximum atomic E-state index is 12.1. The first-order valence-corrected chi connectivity index (χ1v) is 8.93. The number of hydrogen-bond acceptors (Lipinski definition) is 4. The molecule has 0 aliphatic heterocycles. The van der Waals surface area contributed by atoms with Crippen molar-refractivity contribution in [2.24, 2.45) is 0 Å². The average Bonchev–Trinajstić information content (AvgIpc) is 2.40. The van der Waals surface area contributed by atoms with Crippen LogP contribution < -0.4 is 5.32 Å². The number of aromatic nitrogens is 1. The first-order valence-electron chi connectivity index (χ1n) is 5.45. The molecule has 0 atom stereocenters. The summed E-state index contributed by atoms with van der Waals surface area (Å²) in [6.45, 7) is 0. The molecule has 1 amide bonds. The Labute approximate surface area is 138 Å². The number of carbonyl (C=O) groups is 1. The van der Waals surface area contributed by atoms with Crippen LogP contribution >= 0.6 is 38.2 Å². The second-order valence-electron chi connectivity index (χ2n) is 3.87. The van der Waals surface area contributed by atoms with Crippen molar-refractivity contribution in [3.63, 3.8) is 0 Å². The van der Waals surface area contributed by atoms with Crippen molar-refractivity contribution >= 4 is 58.9 Å². The molecule has 9 heteroatoms. The van der Waals surface area contributed by atoms with E-state index in [4.69, 9.17) is 22.3 Å². The lowest BCUT2D eigenvalue weighted by atomic mass is 10.3. The molecular formula is C12H7BrCl2N2O3S. The molecule has 1 aromatic heterocycles. The van der Waals surface area contributed by atoms with Gasteiger partial charge in [0.05, 0.1) is 15.6 Å². The van der Waals surface area contributed by atoms with Gasteiger partial charge in [-0.15, -0.1) is 0 Å². The number of nitrogens with one attached hydrogen (secondary N) is 1. The highest BCUT2D eigenvalue weighted by Gasteiger charge is 2.16. The summed E-state index contributed by atoms with van der Waals surface area (Å²) in [6, 6.07) is 7.11. The number of halogens is 3. The fraction of sp³-hybridized carbons (Fsp3) is 0. The molecule has 1 heterocycles. The number of hydrogen-bond donors (Lipinski definition) is 1. The molecule has 110 valence electrons. The van der Waals surface area contributed by atoms with Crippen LogP contribution in [0, 0.1) is 0 Å². The molecule has 21 heavy (non-hydrogen) atoms. The number of pyridine rings is 1. The predicted molar refractivity (Wildman–Crippen MR) is 84.4 cm³/mol. The van der Waals surface area contributed by atoms with E-state index >= 15 is 0 Å². The van der Waals surface area contributed by atoms with Crippen molar-refractivity contribution in [1.82, 2.24) is 4.98 Å². The van der Waals surface area contributed by atoms with E-state index in [0.717, 1.165) is 6.07 Å². The van der Waals surface area contributed by atoms with Gasteiger partial charge in [0.25, 0.3) is 15.0 Å². The standard InChI is InChI=1S/C12H7BrCl2N2O3S/c13-8-2-1-5-16-11(8)12(18)17-10-4-3-7(6-9(10)14)21(15,19)20/h1-6H,(H,17,18). The highest BCUT2D eigenvalue weighted by Crippen LogP contribution is 2.27. The summed E-state index contributed by atoms with van der Waals surface area (Å²) in [7, 11) is 1.34. The normalized spacial score (nSPS) is 11.2. The van der Waals surface area contributed by atoms with E-state index < -0.39 is 15.0 Å². The lowest BCUT2D eigenvalue weighted by Gasteiger charge is -2.08. The van der Waals surface area contributed by atoms with Crippen LogP contribution in [0.2, 0.25) is 5.02 Å². The monoisotopic (exact) mass is 408 g/mol. The van der Waals surface area contributed by atoms with Gasteiger partial charge in [-0.05, 0) is 46.3 Å². The van der Waals surface area contributed by atoms with E-state index in [1.54, 1.807) is 12.1 Å². The molecule has 1 aromatic carbocycles. The van der Waals surface area contributed by atoms with E-state index in [0.29, 0.717) is 4.47 Å². The molecule has 5 nitrogen and oxygen atoms in total. The Kier molecular flexibility index (Phi) is 4.88. The summed E-state index contributed by atoms with van der Waals surface area (Å²) in [5, 5.41) is 2.60. The molecule has 0 unspecified atom stereocenters. The molecule has 0 bridgehead atoms. The van der Waals surface area contributed by atoms with Gasteiger partial charge in [0, 0.05) is 21.4 Å². The second kappa shape index (κ2) is 6.31. The summed E-state index contributed by atoms with van der Waals surface area (Å²) >= 11 is 9.15. The van der Waals surface area contributed by atoms with Gasteiger partial charge in [0.15, 0.2) is 0 Å². The van der Waals surface area contributed by atoms with Gasteiger partial charge in [-0.25, -0.2) is 13.4 Å². The Morgan fingerprint density at radius 3 is 2.57 bits per heavy atom. The maximum absolute atomic E-state index is 12.1. The van der Waals surface area contributed by atoms with Crippen LogP contribution in [0.3, 0.4) is 0 Å². The third kappa shape index (κ3) is 3.94. The van der Waals surface area contributed by atoms with Gasteiger partial charge >= 0.3 is 0 Å². The molecule has 2 rings (SSSR count). The highest BCUT2D eigenvalue weighted by molar-refractivity contribution is 9.10. The SMILES string of the molecule is O=C(Nc1ccc(S(=O)(=O)Cl)cc1Cl)c1ncccc1Br. The molecule has 0 radical (unpaired) electrons. The number of nitrogens with zero attached hydrogens (tertiary/aromatic N) is 1. The lowest BCUT2D eigenvalue weighted by molar-refractivity contribution is 0.102. The topological polar surface area (TPSA) is 76.1 Å². The Balaban J connectivity index is 2.29. The van der Waals surface area contributed by atoms with Crippen LogP contribution in [0.4, 0.5) is 5.69 Å². The zero-order valence-corrected chi connectivity index (χ0v) is 14.1. The number of benzene rings is 1. The quantitative estimate of drug-likeness (QED) is 0.784. The second-order valence-corrected chi connectivity index (χ2v) is 7.69. The third-order valence-electron chi connectivity index (χ3n) is 2.44. The molecule has 0 fully saturated rings. The molecule has 0 saturated carbocycles. The fourth-order valence-electron chi connectivity index (χ4n) is 1.48. The number of carbonyl (C=O) groups excluding carboxylic acids is 1. The van der Waals surface area contributed by atoms with Crippen LogP contribution in [-0.4, -0.2) is 19.3 Å². The van der Waals surface area contributed by atoms with Crippen molar-refractivity contribution < 1.29 is 13.2 Å². The average molecular weight is 410 g/mol. The van der Waals surface area contributed by atoms with Crippen molar-refractivity contribution in [3.05, 3.63) is 51.7 Å². The van der Waals surface area contributed by atoms with Crippen molar-refractivity contribution in [2.45, 2.75) is 4.90 Å². The van der Waals surface area contributed by atoms with E-state index in [2.05, 4.69) is 26.2 Å². The zero-order valence-electron chi connectivity index (χ0n) is 10.2. The predicted octanol–water partition coefficient (Wildman–Crippen LogP) is 3.68. The Morgan fingerprint density at radius 2 is 2.00 bits per heavy atom. The Bertz CT molecular complexity index is 812. The highest BCUT2D eigenvalue weighted by atomic mass is 79.9. The lowest BCUT2D eigenvalue weighted by Crippen LogP contribution is -2.14. The summed E-state index contributed by atoms with van der Waals surface area (Å²) in [6.07, 6.45) is 1.48. The van der Waals surface area contributed by atoms with Crippen molar-refractivity contribution in [3.8, 4) is 0 Å². The molecule has 1 N–H and O–H groups in total. The molecule has 0 aliphatic rings. The van der Waals surface area contributed by atoms with E-state index in [1.165, 1.54) is 18.3 Å². The van der Waals surface area contributed by atoms with Gasteiger partial charge in [-0.1, -0.05) is 11.6 Å². The molecule has 2 aromatic rings. The first kappa shape index (κ1) is 16.2.